The van der Waals surface area contributed by atoms with E-state index in [4.69, 9.17) is 0 Å². The SMILES string of the molecule is C/C=C/c1ccc2c(c1)NC(=O)CCC2. The molecule has 1 aliphatic rings. The first-order valence-corrected chi connectivity index (χ1v) is 5.35. The molecule has 0 aromatic heterocycles. The van der Waals surface area contributed by atoms with Crippen molar-refractivity contribution < 1.29 is 4.79 Å². The lowest BCUT2D eigenvalue weighted by molar-refractivity contribution is -0.116. The zero-order valence-corrected chi connectivity index (χ0v) is 8.92. The molecule has 1 heterocycles. The van der Waals surface area contributed by atoms with Crippen molar-refractivity contribution in [2.45, 2.75) is 26.2 Å². The van der Waals surface area contributed by atoms with Gasteiger partial charge in [-0.2, -0.15) is 0 Å². The smallest absolute Gasteiger partial charge is 0.224 e. The number of amides is 1. The van der Waals surface area contributed by atoms with E-state index < -0.39 is 0 Å². The molecule has 0 spiro atoms. The maximum absolute atomic E-state index is 11.4. The Morgan fingerprint density at radius 1 is 1.33 bits per heavy atom. The molecule has 15 heavy (non-hydrogen) atoms. The lowest BCUT2D eigenvalue weighted by atomic mass is 10.0. The van der Waals surface area contributed by atoms with Crippen LogP contribution < -0.4 is 5.32 Å². The quantitative estimate of drug-likeness (QED) is 0.743. The van der Waals surface area contributed by atoms with E-state index >= 15 is 0 Å². The van der Waals surface area contributed by atoms with Gasteiger partial charge in [-0.25, -0.2) is 0 Å². The summed E-state index contributed by atoms with van der Waals surface area (Å²) in [5.41, 5.74) is 3.36. The fourth-order valence-corrected chi connectivity index (χ4v) is 1.88. The van der Waals surface area contributed by atoms with Gasteiger partial charge >= 0.3 is 0 Å². The van der Waals surface area contributed by atoms with E-state index in [9.17, 15) is 4.79 Å². The molecule has 1 aliphatic heterocycles. The number of hydrogen-bond acceptors (Lipinski definition) is 1. The number of anilines is 1. The minimum absolute atomic E-state index is 0.131. The Hall–Kier alpha value is -1.57. The van der Waals surface area contributed by atoms with E-state index in [2.05, 4.69) is 17.4 Å². The maximum atomic E-state index is 11.4. The highest BCUT2D eigenvalue weighted by Gasteiger charge is 2.12. The van der Waals surface area contributed by atoms with Crippen molar-refractivity contribution >= 4 is 17.7 Å². The summed E-state index contributed by atoms with van der Waals surface area (Å²) in [7, 11) is 0. The van der Waals surface area contributed by atoms with E-state index in [-0.39, 0.29) is 5.91 Å². The minimum Gasteiger partial charge on any atom is -0.326 e. The standard InChI is InChI=1S/C13H15NO/c1-2-4-10-7-8-11-5-3-6-13(15)14-12(11)9-10/h2,4,7-9H,3,5-6H2,1H3,(H,14,15)/b4-2+. The van der Waals surface area contributed by atoms with Crippen molar-refractivity contribution in [3.8, 4) is 0 Å². The first kappa shape index (κ1) is 9.97. The Bertz CT molecular complexity index is 407. The van der Waals surface area contributed by atoms with Crippen molar-refractivity contribution in [1.29, 1.82) is 0 Å². The van der Waals surface area contributed by atoms with Gasteiger partial charge in [0.05, 0.1) is 0 Å². The lowest BCUT2D eigenvalue weighted by Gasteiger charge is -2.07. The number of benzene rings is 1. The second-order valence-corrected chi connectivity index (χ2v) is 3.82. The van der Waals surface area contributed by atoms with Crippen LogP contribution in [0.3, 0.4) is 0 Å². The molecule has 1 N–H and O–H groups in total. The highest BCUT2D eigenvalue weighted by Crippen LogP contribution is 2.23. The first-order valence-electron chi connectivity index (χ1n) is 5.35. The minimum atomic E-state index is 0.131. The molecule has 0 radical (unpaired) electrons. The molecule has 0 fully saturated rings. The molecule has 0 aliphatic carbocycles. The first-order chi connectivity index (χ1) is 7.29. The van der Waals surface area contributed by atoms with Crippen LogP contribution in [0.1, 0.15) is 30.9 Å². The van der Waals surface area contributed by atoms with Crippen LogP contribution in [0.2, 0.25) is 0 Å². The van der Waals surface area contributed by atoms with Gasteiger partial charge in [-0.15, -0.1) is 0 Å². The number of carbonyl (C=O) groups excluding carboxylic acids is 1. The van der Waals surface area contributed by atoms with Gasteiger partial charge in [0.15, 0.2) is 0 Å². The Morgan fingerprint density at radius 3 is 3.00 bits per heavy atom. The summed E-state index contributed by atoms with van der Waals surface area (Å²) in [5, 5.41) is 2.95. The molecular weight excluding hydrogens is 186 g/mol. The number of carbonyl (C=O) groups is 1. The van der Waals surface area contributed by atoms with Gasteiger partial charge in [0.25, 0.3) is 0 Å². The van der Waals surface area contributed by atoms with Gasteiger partial charge < -0.3 is 5.32 Å². The third kappa shape index (κ3) is 2.27. The number of hydrogen-bond donors (Lipinski definition) is 1. The Kier molecular flexibility index (Phi) is 2.86. The molecule has 0 bridgehead atoms. The molecule has 1 aromatic carbocycles. The predicted octanol–water partition coefficient (Wildman–Crippen LogP) is 2.99. The van der Waals surface area contributed by atoms with Crippen LogP contribution in [0.4, 0.5) is 5.69 Å². The van der Waals surface area contributed by atoms with Crippen LogP contribution in [0.15, 0.2) is 24.3 Å². The highest BCUT2D eigenvalue weighted by molar-refractivity contribution is 5.92. The average Bonchev–Trinajstić information content (AvgIpc) is 2.38. The number of fused-ring (bicyclic) bond motifs is 1. The van der Waals surface area contributed by atoms with Crippen LogP contribution in [0.25, 0.3) is 6.08 Å². The van der Waals surface area contributed by atoms with E-state index in [0.717, 1.165) is 24.1 Å². The summed E-state index contributed by atoms with van der Waals surface area (Å²) in [6.07, 6.45) is 6.61. The molecule has 0 atom stereocenters. The Balaban J connectivity index is 2.36. The summed E-state index contributed by atoms with van der Waals surface area (Å²) < 4.78 is 0. The third-order valence-electron chi connectivity index (χ3n) is 2.62. The molecule has 78 valence electrons. The summed E-state index contributed by atoms with van der Waals surface area (Å²) in [4.78, 5) is 11.4. The highest BCUT2D eigenvalue weighted by atomic mass is 16.1. The normalized spacial score (nSPS) is 15.9. The van der Waals surface area contributed by atoms with Crippen molar-refractivity contribution in [2.24, 2.45) is 0 Å². The summed E-state index contributed by atoms with van der Waals surface area (Å²) in [5.74, 6) is 0.131. The topological polar surface area (TPSA) is 29.1 Å². The largest absolute Gasteiger partial charge is 0.326 e. The van der Waals surface area contributed by atoms with Crippen LogP contribution in [0, 0.1) is 0 Å². The molecular formula is C13H15NO. The fraction of sp³-hybridized carbons (Fsp3) is 0.308. The zero-order chi connectivity index (χ0) is 10.7. The number of nitrogens with one attached hydrogen (secondary N) is 1. The van der Waals surface area contributed by atoms with Crippen LogP contribution in [-0.2, 0) is 11.2 Å². The van der Waals surface area contributed by atoms with Gasteiger partial charge in [-0.3, -0.25) is 4.79 Å². The number of aryl methyl sites for hydroxylation is 1. The molecule has 0 unspecified atom stereocenters. The maximum Gasteiger partial charge on any atom is 0.224 e. The molecule has 1 amide bonds. The summed E-state index contributed by atoms with van der Waals surface area (Å²) in [6.45, 7) is 1.99. The fourth-order valence-electron chi connectivity index (χ4n) is 1.88. The van der Waals surface area contributed by atoms with Gasteiger partial charge in [-0.1, -0.05) is 24.3 Å². The van der Waals surface area contributed by atoms with Gasteiger partial charge in [0, 0.05) is 12.1 Å². The van der Waals surface area contributed by atoms with Crippen molar-refractivity contribution in [3.05, 3.63) is 35.4 Å². The molecule has 0 saturated carbocycles. The van der Waals surface area contributed by atoms with E-state index in [1.54, 1.807) is 0 Å². The molecule has 1 aromatic rings. The van der Waals surface area contributed by atoms with Crippen molar-refractivity contribution in [1.82, 2.24) is 0 Å². The molecule has 2 rings (SSSR count). The average molecular weight is 201 g/mol. The molecule has 2 nitrogen and oxygen atoms in total. The van der Waals surface area contributed by atoms with E-state index in [1.807, 2.05) is 25.1 Å². The van der Waals surface area contributed by atoms with E-state index in [0.29, 0.717) is 6.42 Å². The second kappa shape index (κ2) is 4.30. The predicted molar refractivity (Wildman–Crippen MR) is 62.7 cm³/mol. The van der Waals surface area contributed by atoms with E-state index in [1.165, 1.54) is 5.56 Å². The molecule has 0 saturated heterocycles. The van der Waals surface area contributed by atoms with Gasteiger partial charge in [0.1, 0.15) is 0 Å². The van der Waals surface area contributed by atoms with Gasteiger partial charge in [0.2, 0.25) is 5.91 Å². The summed E-state index contributed by atoms with van der Waals surface area (Å²) >= 11 is 0. The Morgan fingerprint density at radius 2 is 2.20 bits per heavy atom. The van der Waals surface area contributed by atoms with Crippen LogP contribution in [-0.4, -0.2) is 5.91 Å². The van der Waals surface area contributed by atoms with Crippen LogP contribution in [0.5, 0.6) is 0 Å². The van der Waals surface area contributed by atoms with Crippen LogP contribution >= 0.6 is 0 Å². The van der Waals surface area contributed by atoms with Gasteiger partial charge in [-0.05, 0) is 37.0 Å². The summed E-state index contributed by atoms with van der Waals surface area (Å²) in [6, 6.07) is 6.24. The second-order valence-electron chi connectivity index (χ2n) is 3.82. The third-order valence-corrected chi connectivity index (χ3v) is 2.62. The monoisotopic (exact) mass is 201 g/mol. The molecule has 2 heteroatoms. The van der Waals surface area contributed by atoms with Crippen molar-refractivity contribution in [3.63, 3.8) is 0 Å². The Labute approximate surface area is 90.0 Å². The number of rotatable bonds is 1. The lowest BCUT2D eigenvalue weighted by Crippen LogP contribution is -2.09. The number of allylic oxidation sites excluding steroid dienone is 1. The zero-order valence-electron chi connectivity index (χ0n) is 8.92. The van der Waals surface area contributed by atoms with Crippen molar-refractivity contribution in [2.75, 3.05) is 5.32 Å².